The van der Waals surface area contributed by atoms with Gasteiger partial charge >= 0.3 is 12.1 Å². The van der Waals surface area contributed by atoms with Crippen LogP contribution in [0.1, 0.15) is 42.0 Å². The van der Waals surface area contributed by atoms with Crippen LogP contribution in [0.15, 0.2) is 6.07 Å². The lowest BCUT2D eigenvalue weighted by Crippen LogP contribution is -2.67. The van der Waals surface area contributed by atoms with Crippen molar-refractivity contribution < 1.29 is 22.8 Å². The van der Waals surface area contributed by atoms with E-state index in [0.29, 0.717) is 0 Å². The van der Waals surface area contributed by atoms with Crippen LogP contribution in [0.5, 0.6) is 0 Å². The van der Waals surface area contributed by atoms with Gasteiger partial charge in [0.15, 0.2) is 4.75 Å². The number of aryl methyl sites for hydroxylation is 2. The molecule has 1 aromatic rings. The topological polar surface area (TPSA) is 116 Å². The monoisotopic (exact) mass is 434 g/mol. The summed E-state index contributed by atoms with van der Waals surface area (Å²) in [6, 6.07) is 0.739. The van der Waals surface area contributed by atoms with Crippen LogP contribution in [0, 0.1) is 0 Å². The van der Waals surface area contributed by atoms with Crippen LogP contribution >= 0.6 is 0 Å². The average molecular weight is 435 g/mol. The fourth-order valence-corrected chi connectivity index (χ4v) is 6.08. The van der Waals surface area contributed by atoms with E-state index in [9.17, 15) is 22.8 Å². The molecule has 4 rings (SSSR count). The number of fused-ring (bicyclic) bond motifs is 2. The summed E-state index contributed by atoms with van der Waals surface area (Å²) in [6.45, 7) is 0.885. The zero-order valence-electron chi connectivity index (χ0n) is 17.4. The number of anilines is 1. The van der Waals surface area contributed by atoms with Crippen molar-refractivity contribution in [2.45, 2.75) is 50.2 Å². The molecule has 1 fully saturated rings. The number of hydrogen-bond donors (Lipinski definition) is 2. The highest BCUT2D eigenvalue weighted by Crippen LogP contribution is 2.38. The number of nitrogens with one attached hydrogen (secondary N) is 2. The Labute approximate surface area is 175 Å². The lowest BCUT2D eigenvalue weighted by molar-refractivity contribution is -0.132. The first kappa shape index (κ1) is 20.6. The largest absolute Gasteiger partial charge is 0.332 e. The Kier molecular flexibility index (Phi) is 4.80. The summed E-state index contributed by atoms with van der Waals surface area (Å²) in [5.74, 6) is -0.868. The molecular formula is C20H26N4O5S. The van der Waals surface area contributed by atoms with Gasteiger partial charge in [-0.3, -0.25) is 9.69 Å². The predicted octanol–water partition coefficient (Wildman–Crippen LogP) is 1.40. The first-order chi connectivity index (χ1) is 14.0. The molecule has 10 heteroatoms. The van der Waals surface area contributed by atoms with Crippen molar-refractivity contribution in [3.05, 3.63) is 28.3 Å². The van der Waals surface area contributed by atoms with Gasteiger partial charge in [-0.15, -0.1) is 0 Å². The first-order valence-electron chi connectivity index (χ1n) is 10.1. The van der Waals surface area contributed by atoms with Gasteiger partial charge in [0.05, 0.1) is 6.54 Å². The fourth-order valence-electron chi connectivity index (χ4n) is 4.83. The Morgan fingerprint density at radius 2 is 1.60 bits per heavy atom. The molecule has 1 atom stereocenters. The number of amides is 5. The number of imide groups is 1. The van der Waals surface area contributed by atoms with Crippen LogP contribution in [-0.4, -0.2) is 61.6 Å². The van der Waals surface area contributed by atoms with Crippen LogP contribution in [0.2, 0.25) is 0 Å². The van der Waals surface area contributed by atoms with E-state index in [4.69, 9.17) is 0 Å². The summed E-state index contributed by atoms with van der Waals surface area (Å²) in [7, 11) is -1.78. The van der Waals surface area contributed by atoms with Gasteiger partial charge in [0.1, 0.15) is 0 Å². The molecule has 1 unspecified atom stereocenters. The molecule has 1 saturated heterocycles. The van der Waals surface area contributed by atoms with E-state index >= 15 is 0 Å². The quantitative estimate of drug-likeness (QED) is 0.746. The minimum absolute atomic E-state index is 0.340. The van der Waals surface area contributed by atoms with Crippen molar-refractivity contribution >= 4 is 33.7 Å². The highest BCUT2D eigenvalue weighted by molar-refractivity contribution is 7.92. The van der Waals surface area contributed by atoms with E-state index in [1.165, 1.54) is 32.1 Å². The molecule has 5 amide bonds. The SMILES string of the molecule is CN1CC(C)(S(=O)(=O)NC(=O)Nc2c3c(cc4c2CCC4)CCC3)C(=O)N(C)C1=O. The van der Waals surface area contributed by atoms with Crippen LogP contribution in [-0.2, 0) is 40.5 Å². The lowest BCUT2D eigenvalue weighted by atomic mass is 9.99. The molecule has 1 heterocycles. The maximum absolute atomic E-state index is 13.0. The van der Waals surface area contributed by atoms with Gasteiger partial charge in [0, 0.05) is 19.8 Å². The number of urea groups is 2. The molecule has 1 aromatic carbocycles. The summed E-state index contributed by atoms with van der Waals surface area (Å²) in [5.41, 5.74) is 5.30. The lowest BCUT2D eigenvalue weighted by Gasteiger charge is -2.40. The predicted molar refractivity (Wildman–Crippen MR) is 111 cm³/mol. The Morgan fingerprint density at radius 1 is 1.03 bits per heavy atom. The second kappa shape index (κ2) is 6.97. The second-order valence-corrected chi connectivity index (χ2v) is 10.6. The molecule has 162 valence electrons. The zero-order valence-corrected chi connectivity index (χ0v) is 18.2. The van der Waals surface area contributed by atoms with Crippen molar-refractivity contribution in [2.75, 3.05) is 26.0 Å². The van der Waals surface area contributed by atoms with Gasteiger partial charge in [-0.2, -0.15) is 0 Å². The van der Waals surface area contributed by atoms with Crippen molar-refractivity contribution in [3.8, 4) is 0 Å². The fraction of sp³-hybridized carbons (Fsp3) is 0.550. The van der Waals surface area contributed by atoms with Gasteiger partial charge in [0.25, 0.3) is 15.9 Å². The molecule has 0 bridgehead atoms. The van der Waals surface area contributed by atoms with Gasteiger partial charge < -0.3 is 10.2 Å². The van der Waals surface area contributed by atoms with Crippen LogP contribution < -0.4 is 10.0 Å². The van der Waals surface area contributed by atoms with Crippen molar-refractivity contribution in [3.63, 3.8) is 0 Å². The molecule has 9 nitrogen and oxygen atoms in total. The molecule has 2 aliphatic carbocycles. The first-order valence-corrected chi connectivity index (χ1v) is 11.6. The zero-order chi connectivity index (χ0) is 21.8. The number of carbonyl (C=O) groups is 3. The van der Waals surface area contributed by atoms with Gasteiger partial charge in [-0.05, 0) is 67.7 Å². The van der Waals surface area contributed by atoms with Gasteiger partial charge in [0.2, 0.25) is 0 Å². The molecule has 0 aromatic heterocycles. The highest BCUT2D eigenvalue weighted by Gasteiger charge is 2.54. The van der Waals surface area contributed by atoms with E-state index in [0.717, 1.165) is 65.1 Å². The number of hydrogen-bond acceptors (Lipinski definition) is 5. The van der Waals surface area contributed by atoms with E-state index in [1.54, 1.807) is 0 Å². The Bertz CT molecular complexity index is 1040. The van der Waals surface area contributed by atoms with E-state index < -0.39 is 32.7 Å². The van der Waals surface area contributed by atoms with Crippen molar-refractivity contribution in [1.82, 2.24) is 14.5 Å². The van der Waals surface area contributed by atoms with E-state index in [-0.39, 0.29) is 6.54 Å². The third-order valence-electron chi connectivity index (χ3n) is 6.44. The van der Waals surface area contributed by atoms with Crippen molar-refractivity contribution in [1.29, 1.82) is 0 Å². The molecule has 0 spiro atoms. The number of sulfonamides is 1. The standard InChI is InChI=1S/C20H26N4O5S/c1-20(11-23(2)19(27)24(3)17(20)25)30(28,29)22-18(26)21-16-14-8-4-6-12(14)10-13-7-5-9-15(13)16/h10H,4-9,11H2,1-3H3,(H2,21,22,26). The Balaban J connectivity index is 1.59. The van der Waals surface area contributed by atoms with Crippen LogP contribution in [0.4, 0.5) is 15.3 Å². The Morgan fingerprint density at radius 3 is 2.17 bits per heavy atom. The molecule has 3 aliphatic rings. The van der Waals surface area contributed by atoms with Crippen LogP contribution in [0.3, 0.4) is 0 Å². The number of nitrogens with zero attached hydrogens (tertiary/aromatic N) is 2. The Hall–Kier alpha value is -2.62. The summed E-state index contributed by atoms with van der Waals surface area (Å²) < 4.78 is 26.1. The van der Waals surface area contributed by atoms with Crippen LogP contribution in [0.25, 0.3) is 0 Å². The molecular weight excluding hydrogens is 408 g/mol. The smallest absolute Gasteiger partial charge is 0.325 e. The second-order valence-electron chi connectivity index (χ2n) is 8.53. The van der Waals surface area contributed by atoms with Crippen molar-refractivity contribution in [2.24, 2.45) is 0 Å². The molecule has 2 N–H and O–H groups in total. The van der Waals surface area contributed by atoms with E-state index in [1.807, 2.05) is 4.72 Å². The highest BCUT2D eigenvalue weighted by atomic mass is 32.2. The molecule has 0 saturated carbocycles. The minimum Gasteiger partial charge on any atom is -0.325 e. The number of benzene rings is 1. The molecule has 30 heavy (non-hydrogen) atoms. The summed E-state index contributed by atoms with van der Waals surface area (Å²) in [6.07, 6.45) is 5.61. The molecule has 0 radical (unpaired) electrons. The number of carbonyl (C=O) groups excluding carboxylic acids is 3. The molecule has 1 aliphatic heterocycles. The minimum atomic E-state index is -4.42. The normalized spacial score (nSPS) is 23.4. The number of rotatable bonds is 3. The maximum Gasteiger partial charge on any atom is 0.332 e. The summed E-state index contributed by atoms with van der Waals surface area (Å²) in [5, 5.41) is 2.77. The van der Waals surface area contributed by atoms with Gasteiger partial charge in [-0.25, -0.2) is 22.7 Å². The van der Waals surface area contributed by atoms with E-state index in [2.05, 4.69) is 11.4 Å². The average Bonchev–Trinajstić information content (AvgIpc) is 3.33. The third kappa shape index (κ3) is 3.05. The summed E-state index contributed by atoms with van der Waals surface area (Å²) in [4.78, 5) is 39.2. The third-order valence-corrected chi connectivity index (χ3v) is 8.39. The maximum atomic E-state index is 13.0. The summed E-state index contributed by atoms with van der Waals surface area (Å²) >= 11 is 0. The van der Waals surface area contributed by atoms with Gasteiger partial charge in [-0.1, -0.05) is 6.07 Å².